The second kappa shape index (κ2) is 5.27. The molecule has 84 valence electrons. The van der Waals surface area contributed by atoms with Crippen LogP contribution in [0.15, 0.2) is 29.0 Å². The summed E-state index contributed by atoms with van der Waals surface area (Å²) in [6.45, 7) is 2.27. The van der Waals surface area contributed by atoms with Crippen LogP contribution >= 0.6 is 22.7 Å². The molecule has 0 bridgehead atoms. The third-order valence-corrected chi connectivity index (χ3v) is 4.14. The summed E-state index contributed by atoms with van der Waals surface area (Å²) in [6.07, 6.45) is 0.366. The van der Waals surface area contributed by atoms with Gasteiger partial charge >= 0.3 is 5.97 Å². The Morgan fingerprint density at radius 1 is 1.31 bits per heavy atom. The van der Waals surface area contributed by atoms with Gasteiger partial charge in [-0.15, -0.1) is 22.7 Å². The molecule has 4 heteroatoms. The van der Waals surface area contributed by atoms with Crippen LogP contribution < -0.4 is 0 Å². The van der Waals surface area contributed by atoms with E-state index in [4.69, 9.17) is 4.74 Å². The molecule has 0 saturated heterocycles. The topological polar surface area (TPSA) is 26.3 Å². The number of rotatable bonds is 4. The van der Waals surface area contributed by atoms with Crippen molar-refractivity contribution in [1.82, 2.24) is 0 Å². The van der Waals surface area contributed by atoms with Gasteiger partial charge in [0.15, 0.2) is 0 Å². The zero-order valence-electron chi connectivity index (χ0n) is 8.93. The van der Waals surface area contributed by atoms with Crippen LogP contribution in [-0.4, -0.2) is 12.6 Å². The predicted octanol–water partition coefficient (Wildman–Crippen LogP) is 3.58. The van der Waals surface area contributed by atoms with Crippen molar-refractivity contribution in [1.29, 1.82) is 0 Å². The zero-order chi connectivity index (χ0) is 11.4. The van der Waals surface area contributed by atoms with Crippen molar-refractivity contribution in [2.75, 3.05) is 6.61 Å². The lowest BCUT2D eigenvalue weighted by Gasteiger charge is -2.02. The maximum atomic E-state index is 11.4. The number of thiophene rings is 2. The fourth-order valence-electron chi connectivity index (χ4n) is 1.47. The van der Waals surface area contributed by atoms with Crippen LogP contribution in [0.25, 0.3) is 9.75 Å². The zero-order valence-corrected chi connectivity index (χ0v) is 10.6. The molecular formula is C12H12O2S2. The summed E-state index contributed by atoms with van der Waals surface area (Å²) in [6, 6.07) is 6.09. The quantitative estimate of drug-likeness (QED) is 0.777. The van der Waals surface area contributed by atoms with Gasteiger partial charge in [-0.05, 0) is 35.4 Å². The fourth-order valence-corrected chi connectivity index (χ4v) is 3.30. The molecule has 0 atom stereocenters. The molecule has 2 heterocycles. The van der Waals surface area contributed by atoms with Gasteiger partial charge in [-0.25, -0.2) is 0 Å². The Balaban J connectivity index is 2.17. The number of carbonyl (C=O) groups is 1. The Bertz CT molecular complexity index is 457. The molecule has 0 aliphatic heterocycles. The molecular weight excluding hydrogens is 240 g/mol. The highest BCUT2D eigenvalue weighted by Gasteiger charge is 2.12. The second-order valence-electron chi connectivity index (χ2n) is 3.23. The van der Waals surface area contributed by atoms with Gasteiger partial charge in [0.1, 0.15) is 0 Å². The standard InChI is InChI=1S/C12H12O2S2/c1-2-14-11(13)8-9-5-7-16-12(9)10-4-3-6-15-10/h3-7H,2,8H2,1H3. The normalized spacial score (nSPS) is 10.3. The van der Waals surface area contributed by atoms with Crippen LogP contribution in [0.3, 0.4) is 0 Å². The first kappa shape index (κ1) is 11.4. The molecule has 2 rings (SSSR count). The summed E-state index contributed by atoms with van der Waals surface area (Å²) in [4.78, 5) is 13.8. The molecule has 2 aromatic rings. The fraction of sp³-hybridized carbons (Fsp3) is 0.250. The first-order chi connectivity index (χ1) is 7.81. The Kier molecular flexibility index (Phi) is 3.74. The van der Waals surface area contributed by atoms with Gasteiger partial charge in [-0.2, -0.15) is 0 Å². The van der Waals surface area contributed by atoms with Crippen LogP contribution in [0.4, 0.5) is 0 Å². The van der Waals surface area contributed by atoms with E-state index in [0.717, 1.165) is 5.56 Å². The van der Waals surface area contributed by atoms with E-state index in [1.807, 2.05) is 29.8 Å². The van der Waals surface area contributed by atoms with Crippen LogP contribution in [0.1, 0.15) is 12.5 Å². The Morgan fingerprint density at radius 3 is 2.88 bits per heavy atom. The van der Waals surface area contributed by atoms with Crippen molar-refractivity contribution in [3.05, 3.63) is 34.5 Å². The molecule has 0 aromatic carbocycles. The monoisotopic (exact) mass is 252 g/mol. The van der Waals surface area contributed by atoms with E-state index in [1.54, 1.807) is 22.7 Å². The van der Waals surface area contributed by atoms with Gasteiger partial charge < -0.3 is 4.74 Å². The molecule has 0 aliphatic rings. The third kappa shape index (κ3) is 2.51. The summed E-state index contributed by atoms with van der Waals surface area (Å²) in [5.41, 5.74) is 1.06. The molecule has 2 nitrogen and oxygen atoms in total. The Morgan fingerprint density at radius 2 is 2.19 bits per heavy atom. The summed E-state index contributed by atoms with van der Waals surface area (Å²) in [7, 11) is 0. The Labute approximate surface area is 103 Å². The first-order valence-corrected chi connectivity index (χ1v) is 6.83. The molecule has 0 saturated carbocycles. The van der Waals surface area contributed by atoms with Gasteiger partial charge in [-0.1, -0.05) is 6.07 Å². The molecule has 0 radical (unpaired) electrons. The Hall–Kier alpha value is -1.13. The third-order valence-electron chi connectivity index (χ3n) is 2.13. The summed E-state index contributed by atoms with van der Waals surface area (Å²) in [5.74, 6) is -0.154. The van der Waals surface area contributed by atoms with Crippen molar-refractivity contribution >= 4 is 28.6 Å². The smallest absolute Gasteiger partial charge is 0.310 e. The summed E-state index contributed by atoms with van der Waals surface area (Å²) >= 11 is 3.36. The lowest BCUT2D eigenvalue weighted by Crippen LogP contribution is -2.07. The van der Waals surface area contributed by atoms with E-state index < -0.39 is 0 Å². The molecule has 0 unspecified atom stereocenters. The van der Waals surface area contributed by atoms with Gasteiger partial charge in [0.05, 0.1) is 13.0 Å². The van der Waals surface area contributed by atoms with Crippen molar-refractivity contribution in [2.24, 2.45) is 0 Å². The average Bonchev–Trinajstić information content (AvgIpc) is 2.86. The number of hydrogen-bond donors (Lipinski definition) is 0. The summed E-state index contributed by atoms with van der Waals surface area (Å²) < 4.78 is 4.96. The molecule has 0 fully saturated rings. The average molecular weight is 252 g/mol. The van der Waals surface area contributed by atoms with E-state index in [9.17, 15) is 4.79 Å². The molecule has 0 N–H and O–H groups in total. The largest absolute Gasteiger partial charge is 0.466 e. The highest BCUT2D eigenvalue weighted by Crippen LogP contribution is 2.33. The van der Waals surface area contributed by atoms with Gasteiger partial charge in [-0.3, -0.25) is 4.79 Å². The molecule has 2 aromatic heterocycles. The number of esters is 1. The maximum Gasteiger partial charge on any atom is 0.310 e. The van der Waals surface area contributed by atoms with Crippen molar-refractivity contribution in [3.63, 3.8) is 0 Å². The van der Waals surface area contributed by atoms with Crippen LogP contribution in [0.2, 0.25) is 0 Å². The first-order valence-electron chi connectivity index (χ1n) is 5.07. The van der Waals surface area contributed by atoms with E-state index in [1.165, 1.54) is 9.75 Å². The number of ether oxygens (including phenoxy) is 1. The summed E-state index contributed by atoms with van der Waals surface area (Å²) in [5, 5.41) is 4.06. The van der Waals surface area contributed by atoms with Gasteiger partial charge in [0.25, 0.3) is 0 Å². The lowest BCUT2D eigenvalue weighted by molar-refractivity contribution is -0.142. The minimum Gasteiger partial charge on any atom is -0.466 e. The number of carbonyl (C=O) groups excluding carboxylic acids is 1. The van der Waals surface area contributed by atoms with Crippen molar-refractivity contribution in [2.45, 2.75) is 13.3 Å². The van der Waals surface area contributed by atoms with Crippen LogP contribution in [0.5, 0.6) is 0 Å². The SMILES string of the molecule is CCOC(=O)Cc1ccsc1-c1cccs1. The van der Waals surface area contributed by atoms with Crippen LogP contribution in [-0.2, 0) is 16.0 Å². The van der Waals surface area contributed by atoms with Gasteiger partial charge in [0.2, 0.25) is 0 Å². The number of hydrogen-bond acceptors (Lipinski definition) is 4. The van der Waals surface area contributed by atoms with E-state index in [2.05, 4.69) is 6.07 Å². The minimum atomic E-state index is -0.154. The maximum absolute atomic E-state index is 11.4. The van der Waals surface area contributed by atoms with Crippen molar-refractivity contribution < 1.29 is 9.53 Å². The van der Waals surface area contributed by atoms with Crippen LogP contribution in [0, 0.1) is 0 Å². The predicted molar refractivity (Wildman–Crippen MR) is 68.0 cm³/mol. The van der Waals surface area contributed by atoms with Crippen molar-refractivity contribution in [3.8, 4) is 9.75 Å². The molecule has 0 aliphatic carbocycles. The highest BCUT2D eigenvalue weighted by molar-refractivity contribution is 7.20. The molecule has 0 spiro atoms. The molecule has 16 heavy (non-hydrogen) atoms. The lowest BCUT2D eigenvalue weighted by atomic mass is 10.2. The van der Waals surface area contributed by atoms with E-state index >= 15 is 0 Å². The van der Waals surface area contributed by atoms with Gasteiger partial charge in [0, 0.05) is 9.75 Å². The minimum absolute atomic E-state index is 0.154. The highest BCUT2D eigenvalue weighted by atomic mass is 32.1. The molecule has 0 amide bonds. The van der Waals surface area contributed by atoms with E-state index in [-0.39, 0.29) is 5.97 Å². The second-order valence-corrected chi connectivity index (χ2v) is 5.10. The van der Waals surface area contributed by atoms with E-state index in [0.29, 0.717) is 13.0 Å².